The van der Waals surface area contributed by atoms with Crippen LogP contribution in [0.5, 0.6) is 0 Å². The second-order valence-electron chi connectivity index (χ2n) is 7.15. The van der Waals surface area contributed by atoms with Gasteiger partial charge < -0.3 is 19.7 Å². The molecule has 0 bridgehead atoms. The Hall–Kier alpha value is -0.850. The van der Waals surface area contributed by atoms with Crippen molar-refractivity contribution in [2.75, 3.05) is 52.5 Å². The molecule has 0 unspecified atom stereocenters. The van der Waals surface area contributed by atoms with Gasteiger partial charge in [-0.2, -0.15) is 0 Å². The molecule has 1 amide bonds. The highest BCUT2D eigenvalue weighted by molar-refractivity contribution is 5.68. The first kappa shape index (κ1) is 17.5. The Bertz CT molecular complexity index is 343. The summed E-state index contributed by atoms with van der Waals surface area (Å²) >= 11 is 0. The first-order valence-electron chi connectivity index (χ1n) is 8.45. The van der Waals surface area contributed by atoms with Crippen LogP contribution in [0.15, 0.2) is 0 Å². The van der Waals surface area contributed by atoms with Crippen molar-refractivity contribution in [1.29, 1.82) is 0 Å². The zero-order valence-electron chi connectivity index (χ0n) is 14.3. The van der Waals surface area contributed by atoms with Crippen LogP contribution < -0.4 is 5.32 Å². The number of nitrogens with zero attached hydrogens (tertiary/aromatic N) is 2. The van der Waals surface area contributed by atoms with Crippen LogP contribution in [-0.2, 0) is 9.47 Å². The Labute approximate surface area is 134 Å². The Balaban J connectivity index is 1.59. The summed E-state index contributed by atoms with van der Waals surface area (Å²) in [6.07, 6.45) is 2.05. The van der Waals surface area contributed by atoms with Crippen molar-refractivity contribution in [2.24, 2.45) is 0 Å². The van der Waals surface area contributed by atoms with E-state index in [1.165, 1.54) is 0 Å². The Kier molecular flexibility index (Phi) is 6.47. The molecule has 6 nitrogen and oxygen atoms in total. The van der Waals surface area contributed by atoms with Gasteiger partial charge in [0.05, 0.1) is 0 Å². The molecule has 22 heavy (non-hydrogen) atoms. The van der Waals surface area contributed by atoms with Crippen LogP contribution in [-0.4, -0.2) is 80.0 Å². The zero-order valence-corrected chi connectivity index (χ0v) is 14.3. The molecule has 2 fully saturated rings. The lowest BCUT2D eigenvalue weighted by Gasteiger charge is -2.36. The van der Waals surface area contributed by atoms with Crippen LogP contribution in [0.1, 0.15) is 33.6 Å². The Morgan fingerprint density at radius 1 is 1.18 bits per heavy atom. The average molecular weight is 313 g/mol. The fourth-order valence-corrected chi connectivity index (χ4v) is 2.81. The molecule has 2 aliphatic heterocycles. The second kappa shape index (κ2) is 8.13. The number of rotatable bonds is 4. The minimum absolute atomic E-state index is 0.188. The Morgan fingerprint density at radius 3 is 2.41 bits per heavy atom. The van der Waals surface area contributed by atoms with E-state index in [1.54, 1.807) is 0 Å². The fraction of sp³-hybridized carbons (Fsp3) is 0.938. The van der Waals surface area contributed by atoms with Gasteiger partial charge in [-0.15, -0.1) is 0 Å². The summed E-state index contributed by atoms with van der Waals surface area (Å²) in [4.78, 5) is 16.2. The van der Waals surface area contributed by atoms with Crippen molar-refractivity contribution in [3.63, 3.8) is 0 Å². The number of nitrogens with one attached hydrogen (secondary N) is 1. The van der Waals surface area contributed by atoms with Crippen LogP contribution in [0, 0.1) is 0 Å². The number of carbonyl (C=O) groups excluding carboxylic acids is 1. The SMILES string of the molecule is CC(C)(C)OC(=O)N1CCN(CCNC2CCOCC2)CC1. The van der Waals surface area contributed by atoms with E-state index in [0.717, 1.165) is 65.3 Å². The first-order chi connectivity index (χ1) is 10.4. The molecule has 0 atom stereocenters. The molecule has 2 rings (SSSR count). The predicted octanol–water partition coefficient (Wildman–Crippen LogP) is 1.31. The molecule has 0 aromatic heterocycles. The lowest BCUT2D eigenvalue weighted by atomic mass is 10.1. The third kappa shape index (κ3) is 6.10. The highest BCUT2D eigenvalue weighted by Crippen LogP contribution is 2.12. The lowest BCUT2D eigenvalue weighted by Crippen LogP contribution is -2.51. The Morgan fingerprint density at radius 2 is 1.82 bits per heavy atom. The van der Waals surface area contributed by atoms with Crippen LogP contribution in [0.3, 0.4) is 0 Å². The molecule has 2 saturated heterocycles. The van der Waals surface area contributed by atoms with Gasteiger partial charge in [-0.25, -0.2) is 4.79 Å². The van der Waals surface area contributed by atoms with E-state index in [1.807, 2.05) is 25.7 Å². The van der Waals surface area contributed by atoms with E-state index in [-0.39, 0.29) is 6.09 Å². The molecule has 1 N–H and O–H groups in total. The molecule has 0 aromatic carbocycles. The van der Waals surface area contributed by atoms with Crippen molar-refractivity contribution < 1.29 is 14.3 Å². The van der Waals surface area contributed by atoms with Crippen LogP contribution >= 0.6 is 0 Å². The number of amides is 1. The highest BCUT2D eigenvalue weighted by Gasteiger charge is 2.25. The summed E-state index contributed by atoms with van der Waals surface area (Å²) in [6.45, 7) is 12.9. The maximum atomic E-state index is 12.0. The summed E-state index contributed by atoms with van der Waals surface area (Å²) in [5.74, 6) is 0. The minimum Gasteiger partial charge on any atom is -0.444 e. The monoisotopic (exact) mass is 313 g/mol. The third-order valence-corrected chi connectivity index (χ3v) is 4.11. The maximum absolute atomic E-state index is 12.0. The summed E-state index contributed by atoms with van der Waals surface area (Å²) < 4.78 is 10.8. The molecule has 0 aliphatic carbocycles. The number of carbonyl (C=O) groups is 1. The van der Waals surface area contributed by atoms with E-state index in [4.69, 9.17) is 9.47 Å². The van der Waals surface area contributed by atoms with E-state index in [9.17, 15) is 4.79 Å². The predicted molar refractivity (Wildman–Crippen MR) is 86.1 cm³/mol. The normalized spacial score (nSPS) is 21.9. The first-order valence-corrected chi connectivity index (χ1v) is 8.45. The van der Waals surface area contributed by atoms with E-state index < -0.39 is 5.60 Å². The summed E-state index contributed by atoms with van der Waals surface area (Å²) in [5, 5.41) is 3.61. The topological polar surface area (TPSA) is 54.0 Å². The number of hydrogen-bond acceptors (Lipinski definition) is 5. The van der Waals surface area contributed by atoms with Crippen molar-refractivity contribution >= 4 is 6.09 Å². The number of ether oxygens (including phenoxy) is 2. The molecule has 0 saturated carbocycles. The summed E-state index contributed by atoms with van der Waals surface area (Å²) in [5.41, 5.74) is -0.415. The smallest absolute Gasteiger partial charge is 0.410 e. The van der Waals surface area contributed by atoms with Crippen LogP contribution in [0.4, 0.5) is 4.79 Å². The standard InChI is InChI=1S/C16H31N3O3/c1-16(2,3)22-15(20)19-10-8-18(9-11-19)7-6-17-14-4-12-21-13-5-14/h14,17H,4-13H2,1-3H3. The summed E-state index contributed by atoms with van der Waals surface area (Å²) in [7, 11) is 0. The molecule has 2 heterocycles. The lowest BCUT2D eigenvalue weighted by molar-refractivity contribution is 0.0145. The van der Waals surface area contributed by atoms with Gasteiger partial charge in [-0.1, -0.05) is 0 Å². The van der Waals surface area contributed by atoms with Gasteiger partial charge in [0.25, 0.3) is 0 Å². The van der Waals surface area contributed by atoms with Gasteiger partial charge in [-0.3, -0.25) is 4.90 Å². The zero-order chi connectivity index (χ0) is 16.0. The van der Waals surface area contributed by atoms with E-state index in [0.29, 0.717) is 6.04 Å². The molecular weight excluding hydrogens is 282 g/mol. The van der Waals surface area contributed by atoms with Gasteiger partial charge in [-0.05, 0) is 33.6 Å². The van der Waals surface area contributed by atoms with E-state index >= 15 is 0 Å². The fourth-order valence-electron chi connectivity index (χ4n) is 2.81. The van der Waals surface area contributed by atoms with Gasteiger partial charge in [0.1, 0.15) is 5.60 Å². The molecule has 128 valence electrons. The van der Waals surface area contributed by atoms with Crippen molar-refractivity contribution in [3.8, 4) is 0 Å². The van der Waals surface area contributed by atoms with Gasteiger partial charge in [0, 0.05) is 58.5 Å². The largest absolute Gasteiger partial charge is 0.444 e. The van der Waals surface area contributed by atoms with Crippen molar-refractivity contribution in [2.45, 2.75) is 45.3 Å². The van der Waals surface area contributed by atoms with Gasteiger partial charge in [0.15, 0.2) is 0 Å². The quantitative estimate of drug-likeness (QED) is 0.848. The molecule has 2 aliphatic rings. The van der Waals surface area contributed by atoms with E-state index in [2.05, 4.69) is 10.2 Å². The molecule has 0 spiro atoms. The van der Waals surface area contributed by atoms with Crippen molar-refractivity contribution in [1.82, 2.24) is 15.1 Å². The number of piperazine rings is 1. The second-order valence-corrected chi connectivity index (χ2v) is 7.15. The number of hydrogen-bond donors (Lipinski definition) is 1. The summed E-state index contributed by atoms with van der Waals surface area (Å²) in [6, 6.07) is 0.608. The van der Waals surface area contributed by atoms with Gasteiger partial charge in [0.2, 0.25) is 0 Å². The van der Waals surface area contributed by atoms with Crippen LogP contribution in [0.2, 0.25) is 0 Å². The molecular formula is C16H31N3O3. The van der Waals surface area contributed by atoms with Gasteiger partial charge >= 0.3 is 6.09 Å². The van der Waals surface area contributed by atoms with Crippen LogP contribution in [0.25, 0.3) is 0 Å². The molecule has 6 heteroatoms. The third-order valence-electron chi connectivity index (χ3n) is 4.11. The minimum atomic E-state index is -0.415. The molecule has 0 radical (unpaired) electrons. The molecule has 0 aromatic rings. The average Bonchev–Trinajstić information content (AvgIpc) is 2.47. The highest BCUT2D eigenvalue weighted by atomic mass is 16.6. The van der Waals surface area contributed by atoms with Crippen molar-refractivity contribution in [3.05, 3.63) is 0 Å². The maximum Gasteiger partial charge on any atom is 0.410 e.